The first-order chi connectivity index (χ1) is 8.24. The Bertz CT molecular complexity index is 502. The molecule has 0 saturated carbocycles. The molecule has 2 N–H and O–H groups in total. The fourth-order valence-corrected chi connectivity index (χ4v) is 2.47. The van der Waals surface area contributed by atoms with Crippen LogP contribution in [0.5, 0.6) is 0 Å². The van der Waals surface area contributed by atoms with Crippen molar-refractivity contribution in [2.24, 2.45) is 5.73 Å². The van der Waals surface area contributed by atoms with Gasteiger partial charge in [-0.15, -0.1) is 0 Å². The van der Waals surface area contributed by atoms with E-state index in [9.17, 15) is 0 Å². The van der Waals surface area contributed by atoms with Crippen LogP contribution in [0.15, 0.2) is 36.4 Å². The monoisotopic (exact) mass is 227 g/mol. The molecule has 0 saturated heterocycles. The van der Waals surface area contributed by atoms with Crippen LogP contribution in [0.1, 0.15) is 43.4 Å². The van der Waals surface area contributed by atoms with Gasteiger partial charge in [0.15, 0.2) is 0 Å². The number of hydrogen-bond donors (Lipinski definition) is 1. The lowest BCUT2D eigenvalue weighted by Crippen LogP contribution is -2.12. The fraction of sp³-hybridized carbons (Fsp3) is 0.375. The van der Waals surface area contributed by atoms with Gasteiger partial charge in [-0.05, 0) is 35.2 Å². The summed E-state index contributed by atoms with van der Waals surface area (Å²) in [6.07, 6.45) is 3.48. The van der Waals surface area contributed by atoms with Crippen LogP contribution in [0.25, 0.3) is 10.8 Å². The van der Waals surface area contributed by atoms with E-state index < -0.39 is 0 Å². The zero-order chi connectivity index (χ0) is 12.3. The Kier molecular flexibility index (Phi) is 3.80. The molecule has 1 atom stereocenters. The van der Waals surface area contributed by atoms with E-state index in [1.807, 2.05) is 0 Å². The minimum Gasteiger partial charge on any atom is -0.324 e. The molecular weight excluding hydrogens is 206 g/mol. The molecule has 2 aromatic rings. The van der Waals surface area contributed by atoms with Gasteiger partial charge in [0.05, 0.1) is 0 Å². The maximum atomic E-state index is 6.35. The maximum absolute atomic E-state index is 6.35. The van der Waals surface area contributed by atoms with Crippen LogP contribution in [0.2, 0.25) is 0 Å². The lowest BCUT2D eigenvalue weighted by Gasteiger charge is -2.17. The van der Waals surface area contributed by atoms with Gasteiger partial charge in [0.2, 0.25) is 0 Å². The Labute approximate surface area is 104 Å². The summed E-state index contributed by atoms with van der Waals surface area (Å²) in [7, 11) is 0. The highest BCUT2D eigenvalue weighted by Gasteiger charge is 2.11. The number of nitrogens with two attached hydrogens (primary N) is 1. The van der Waals surface area contributed by atoms with Crippen molar-refractivity contribution >= 4 is 10.8 Å². The van der Waals surface area contributed by atoms with Crippen LogP contribution >= 0.6 is 0 Å². The van der Waals surface area contributed by atoms with Gasteiger partial charge in [0.25, 0.3) is 0 Å². The molecular formula is C16H21N. The van der Waals surface area contributed by atoms with E-state index >= 15 is 0 Å². The molecule has 17 heavy (non-hydrogen) atoms. The van der Waals surface area contributed by atoms with Gasteiger partial charge in [0, 0.05) is 6.04 Å². The molecule has 2 aromatic carbocycles. The van der Waals surface area contributed by atoms with Crippen molar-refractivity contribution in [3.8, 4) is 0 Å². The molecule has 1 heteroatoms. The van der Waals surface area contributed by atoms with Crippen LogP contribution in [0, 0.1) is 6.92 Å². The quantitative estimate of drug-likeness (QED) is 0.826. The molecule has 1 unspecified atom stereocenters. The van der Waals surface area contributed by atoms with Crippen LogP contribution in [-0.4, -0.2) is 0 Å². The number of rotatable bonds is 4. The molecule has 0 aromatic heterocycles. The Morgan fingerprint density at radius 2 is 1.88 bits per heavy atom. The number of hydrogen-bond acceptors (Lipinski definition) is 1. The van der Waals surface area contributed by atoms with Gasteiger partial charge in [0.1, 0.15) is 0 Å². The summed E-state index contributed by atoms with van der Waals surface area (Å²) in [6, 6.07) is 13.1. The minimum atomic E-state index is 0.168. The maximum Gasteiger partial charge on any atom is 0.0303 e. The van der Waals surface area contributed by atoms with Gasteiger partial charge in [-0.3, -0.25) is 0 Å². The van der Waals surface area contributed by atoms with Crippen molar-refractivity contribution in [1.82, 2.24) is 0 Å². The van der Waals surface area contributed by atoms with Crippen LogP contribution in [0.3, 0.4) is 0 Å². The molecule has 0 heterocycles. The highest BCUT2D eigenvalue weighted by Crippen LogP contribution is 2.28. The standard InChI is InChI=1S/C16H21N/c1-3-4-9-15(17)16-12(2)10-11-13-7-5-6-8-14(13)16/h5-8,10-11,15H,3-4,9,17H2,1-2H3. The topological polar surface area (TPSA) is 26.0 Å². The van der Waals surface area contributed by atoms with Crippen molar-refractivity contribution in [3.63, 3.8) is 0 Å². The molecule has 0 spiro atoms. The first-order valence-corrected chi connectivity index (χ1v) is 6.48. The van der Waals surface area contributed by atoms with Gasteiger partial charge in [-0.1, -0.05) is 56.2 Å². The minimum absolute atomic E-state index is 0.168. The molecule has 0 radical (unpaired) electrons. The van der Waals surface area contributed by atoms with Crippen molar-refractivity contribution < 1.29 is 0 Å². The Morgan fingerprint density at radius 3 is 2.65 bits per heavy atom. The highest BCUT2D eigenvalue weighted by atomic mass is 14.6. The summed E-state index contributed by atoms with van der Waals surface area (Å²) in [5, 5.41) is 2.61. The van der Waals surface area contributed by atoms with E-state index in [0.29, 0.717) is 0 Å². The number of benzene rings is 2. The lowest BCUT2D eigenvalue weighted by atomic mass is 9.92. The number of fused-ring (bicyclic) bond motifs is 1. The van der Waals surface area contributed by atoms with Crippen molar-refractivity contribution in [2.75, 3.05) is 0 Å². The van der Waals surface area contributed by atoms with E-state index in [1.54, 1.807) is 0 Å². The van der Waals surface area contributed by atoms with Crippen molar-refractivity contribution in [1.29, 1.82) is 0 Å². The van der Waals surface area contributed by atoms with E-state index in [2.05, 4.69) is 50.2 Å². The van der Waals surface area contributed by atoms with Gasteiger partial charge in [-0.2, -0.15) is 0 Å². The predicted molar refractivity (Wildman–Crippen MR) is 75.1 cm³/mol. The largest absolute Gasteiger partial charge is 0.324 e. The predicted octanol–water partition coefficient (Wildman–Crippen LogP) is 4.34. The molecule has 0 aliphatic carbocycles. The smallest absolute Gasteiger partial charge is 0.0303 e. The summed E-state index contributed by atoms with van der Waals surface area (Å²) < 4.78 is 0. The second-order valence-corrected chi connectivity index (χ2v) is 4.77. The third-order valence-corrected chi connectivity index (χ3v) is 3.43. The molecule has 0 aliphatic heterocycles. The summed E-state index contributed by atoms with van der Waals surface area (Å²) >= 11 is 0. The summed E-state index contributed by atoms with van der Waals surface area (Å²) in [5.74, 6) is 0. The van der Waals surface area contributed by atoms with E-state index in [-0.39, 0.29) is 6.04 Å². The molecule has 0 fully saturated rings. The number of unbranched alkanes of at least 4 members (excludes halogenated alkanes) is 1. The Hall–Kier alpha value is -1.34. The Morgan fingerprint density at radius 1 is 1.12 bits per heavy atom. The normalized spacial score (nSPS) is 12.9. The molecule has 90 valence electrons. The van der Waals surface area contributed by atoms with Gasteiger partial charge < -0.3 is 5.73 Å². The molecule has 0 bridgehead atoms. The Balaban J connectivity index is 2.47. The number of aryl methyl sites for hydroxylation is 1. The van der Waals surface area contributed by atoms with E-state index in [1.165, 1.54) is 34.7 Å². The van der Waals surface area contributed by atoms with Crippen molar-refractivity contribution in [2.45, 2.75) is 39.2 Å². The second-order valence-electron chi connectivity index (χ2n) is 4.77. The third kappa shape index (κ3) is 2.50. The summed E-state index contributed by atoms with van der Waals surface area (Å²) in [5.41, 5.74) is 8.99. The zero-order valence-corrected chi connectivity index (χ0v) is 10.7. The SMILES string of the molecule is CCCCC(N)c1c(C)ccc2ccccc12. The van der Waals surface area contributed by atoms with Crippen molar-refractivity contribution in [3.05, 3.63) is 47.5 Å². The summed E-state index contributed by atoms with van der Waals surface area (Å²) in [4.78, 5) is 0. The first kappa shape index (κ1) is 12.1. The fourth-order valence-electron chi connectivity index (χ4n) is 2.47. The van der Waals surface area contributed by atoms with Gasteiger partial charge >= 0.3 is 0 Å². The summed E-state index contributed by atoms with van der Waals surface area (Å²) in [6.45, 7) is 4.37. The second kappa shape index (κ2) is 5.33. The van der Waals surface area contributed by atoms with E-state index in [0.717, 1.165) is 6.42 Å². The zero-order valence-electron chi connectivity index (χ0n) is 10.7. The van der Waals surface area contributed by atoms with Crippen LogP contribution < -0.4 is 5.73 Å². The average Bonchev–Trinajstić information content (AvgIpc) is 2.35. The van der Waals surface area contributed by atoms with E-state index in [4.69, 9.17) is 5.73 Å². The molecule has 2 rings (SSSR count). The first-order valence-electron chi connectivity index (χ1n) is 6.48. The molecule has 1 nitrogen and oxygen atoms in total. The third-order valence-electron chi connectivity index (χ3n) is 3.43. The average molecular weight is 227 g/mol. The van der Waals surface area contributed by atoms with Gasteiger partial charge in [-0.25, -0.2) is 0 Å². The molecule has 0 aliphatic rings. The van der Waals surface area contributed by atoms with Crippen LogP contribution in [-0.2, 0) is 0 Å². The van der Waals surface area contributed by atoms with Crippen LogP contribution in [0.4, 0.5) is 0 Å². The lowest BCUT2D eigenvalue weighted by molar-refractivity contribution is 0.604. The highest BCUT2D eigenvalue weighted by molar-refractivity contribution is 5.87. The molecule has 0 amide bonds.